The predicted molar refractivity (Wildman–Crippen MR) is 58.4 cm³/mol. The Labute approximate surface area is 92.4 Å². The van der Waals surface area contributed by atoms with Crippen molar-refractivity contribution in [2.75, 3.05) is 26.4 Å². The SMILES string of the molecule is CC(C)CCOCCC1(C#N)CCOC1. The molecule has 1 saturated heterocycles. The molecule has 3 nitrogen and oxygen atoms in total. The molecular weight excluding hydrogens is 190 g/mol. The van der Waals surface area contributed by atoms with Gasteiger partial charge in [0, 0.05) is 19.8 Å². The summed E-state index contributed by atoms with van der Waals surface area (Å²) in [5.41, 5.74) is -0.266. The average molecular weight is 211 g/mol. The van der Waals surface area contributed by atoms with Gasteiger partial charge in [-0.1, -0.05) is 13.8 Å². The normalized spacial score (nSPS) is 25.7. The van der Waals surface area contributed by atoms with Crippen LogP contribution in [0.1, 0.15) is 33.1 Å². The zero-order chi connectivity index (χ0) is 11.1. The number of ether oxygens (including phenoxy) is 2. The second kappa shape index (κ2) is 6.09. The molecule has 0 saturated carbocycles. The summed E-state index contributed by atoms with van der Waals surface area (Å²) in [4.78, 5) is 0. The van der Waals surface area contributed by atoms with Crippen LogP contribution in [0.25, 0.3) is 0 Å². The van der Waals surface area contributed by atoms with E-state index >= 15 is 0 Å². The summed E-state index contributed by atoms with van der Waals surface area (Å²) < 4.78 is 10.8. The Balaban J connectivity index is 2.11. The van der Waals surface area contributed by atoms with Crippen LogP contribution in [0.3, 0.4) is 0 Å². The third kappa shape index (κ3) is 4.19. The van der Waals surface area contributed by atoms with E-state index in [2.05, 4.69) is 19.9 Å². The van der Waals surface area contributed by atoms with Gasteiger partial charge in [0.2, 0.25) is 0 Å². The molecule has 0 aromatic heterocycles. The van der Waals surface area contributed by atoms with Crippen molar-refractivity contribution in [1.82, 2.24) is 0 Å². The van der Waals surface area contributed by atoms with Gasteiger partial charge in [-0.15, -0.1) is 0 Å². The highest BCUT2D eigenvalue weighted by Gasteiger charge is 2.34. The second-order valence-corrected chi connectivity index (χ2v) is 4.74. The smallest absolute Gasteiger partial charge is 0.0850 e. The maximum atomic E-state index is 9.08. The van der Waals surface area contributed by atoms with Gasteiger partial charge in [0.05, 0.1) is 18.1 Å². The fourth-order valence-corrected chi connectivity index (χ4v) is 1.64. The molecule has 1 fully saturated rings. The Morgan fingerprint density at radius 3 is 2.80 bits per heavy atom. The van der Waals surface area contributed by atoms with E-state index in [0.717, 1.165) is 32.5 Å². The summed E-state index contributed by atoms with van der Waals surface area (Å²) in [6.45, 7) is 7.16. The van der Waals surface area contributed by atoms with E-state index in [0.29, 0.717) is 19.1 Å². The van der Waals surface area contributed by atoms with Crippen molar-refractivity contribution in [3.05, 3.63) is 0 Å². The molecule has 0 aromatic rings. The molecule has 1 aliphatic rings. The van der Waals surface area contributed by atoms with Crippen molar-refractivity contribution >= 4 is 0 Å². The zero-order valence-electron chi connectivity index (χ0n) is 9.79. The summed E-state index contributed by atoms with van der Waals surface area (Å²) in [7, 11) is 0. The minimum Gasteiger partial charge on any atom is -0.381 e. The van der Waals surface area contributed by atoms with Crippen molar-refractivity contribution in [3.63, 3.8) is 0 Å². The van der Waals surface area contributed by atoms with E-state index in [1.54, 1.807) is 0 Å². The van der Waals surface area contributed by atoms with Gasteiger partial charge >= 0.3 is 0 Å². The first-order chi connectivity index (χ1) is 7.18. The lowest BCUT2D eigenvalue weighted by molar-refractivity contribution is 0.0927. The molecule has 1 heterocycles. The van der Waals surface area contributed by atoms with Gasteiger partial charge in [-0.05, 0) is 25.2 Å². The molecule has 3 heteroatoms. The lowest BCUT2D eigenvalue weighted by atomic mass is 9.86. The van der Waals surface area contributed by atoms with E-state index < -0.39 is 0 Å². The first kappa shape index (κ1) is 12.5. The van der Waals surface area contributed by atoms with Crippen molar-refractivity contribution in [2.45, 2.75) is 33.1 Å². The molecule has 0 N–H and O–H groups in total. The maximum Gasteiger partial charge on any atom is 0.0850 e. The molecule has 0 spiro atoms. The molecule has 0 aliphatic carbocycles. The molecule has 15 heavy (non-hydrogen) atoms. The molecule has 1 unspecified atom stereocenters. The van der Waals surface area contributed by atoms with E-state index in [4.69, 9.17) is 14.7 Å². The Morgan fingerprint density at radius 2 is 2.27 bits per heavy atom. The predicted octanol–water partition coefficient (Wildman–Crippen LogP) is 2.37. The third-order valence-electron chi connectivity index (χ3n) is 2.90. The molecule has 1 atom stereocenters. The van der Waals surface area contributed by atoms with E-state index in [-0.39, 0.29) is 5.41 Å². The second-order valence-electron chi connectivity index (χ2n) is 4.74. The van der Waals surface area contributed by atoms with Crippen LogP contribution < -0.4 is 0 Å². The molecule has 0 radical (unpaired) electrons. The number of rotatable bonds is 6. The Hall–Kier alpha value is -0.590. The number of nitriles is 1. The zero-order valence-corrected chi connectivity index (χ0v) is 9.79. The minimum atomic E-state index is -0.266. The quantitative estimate of drug-likeness (QED) is 0.633. The van der Waals surface area contributed by atoms with Crippen molar-refractivity contribution in [2.24, 2.45) is 11.3 Å². The van der Waals surface area contributed by atoms with Crippen LogP contribution in [-0.2, 0) is 9.47 Å². The molecule has 0 aromatic carbocycles. The summed E-state index contributed by atoms with van der Waals surface area (Å²) in [5, 5.41) is 9.08. The van der Waals surface area contributed by atoms with Gasteiger partial charge in [-0.25, -0.2) is 0 Å². The standard InChI is InChI=1S/C12H21NO2/c1-11(2)3-6-14-7-4-12(9-13)5-8-15-10-12/h11H,3-8,10H2,1-2H3. The van der Waals surface area contributed by atoms with Crippen molar-refractivity contribution in [3.8, 4) is 6.07 Å². The fraction of sp³-hybridized carbons (Fsp3) is 0.917. The minimum absolute atomic E-state index is 0.266. The first-order valence-corrected chi connectivity index (χ1v) is 5.75. The van der Waals surface area contributed by atoms with Gasteiger partial charge in [-0.2, -0.15) is 5.26 Å². The van der Waals surface area contributed by atoms with Crippen LogP contribution in [0.2, 0.25) is 0 Å². The third-order valence-corrected chi connectivity index (χ3v) is 2.90. The number of hydrogen-bond donors (Lipinski definition) is 0. The molecular formula is C12H21NO2. The highest BCUT2D eigenvalue weighted by Crippen LogP contribution is 2.31. The number of nitrogens with zero attached hydrogens (tertiary/aromatic N) is 1. The molecule has 1 rings (SSSR count). The van der Waals surface area contributed by atoms with Crippen molar-refractivity contribution in [1.29, 1.82) is 5.26 Å². The Morgan fingerprint density at radius 1 is 1.47 bits per heavy atom. The maximum absolute atomic E-state index is 9.08. The molecule has 1 aliphatic heterocycles. The summed E-state index contributed by atoms with van der Waals surface area (Å²) in [6.07, 6.45) is 2.76. The Kier molecular flexibility index (Phi) is 5.07. The van der Waals surface area contributed by atoms with Crippen LogP contribution in [0.15, 0.2) is 0 Å². The van der Waals surface area contributed by atoms with Gasteiger partial charge in [0.25, 0.3) is 0 Å². The summed E-state index contributed by atoms with van der Waals surface area (Å²) in [6, 6.07) is 2.37. The molecule has 86 valence electrons. The van der Waals surface area contributed by atoms with Gasteiger partial charge < -0.3 is 9.47 Å². The van der Waals surface area contributed by atoms with Gasteiger partial charge in [0.1, 0.15) is 0 Å². The highest BCUT2D eigenvalue weighted by molar-refractivity contribution is 5.01. The fourth-order valence-electron chi connectivity index (χ4n) is 1.64. The lowest BCUT2D eigenvalue weighted by Gasteiger charge is -2.17. The van der Waals surface area contributed by atoms with Crippen LogP contribution in [0.4, 0.5) is 0 Å². The van der Waals surface area contributed by atoms with Gasteiger partial charge in [0.15, 0.2) is 0 Å². The van der Waals surface area contributed by atoms with Crippen molar-refractivity contribution < 1.29 is 9.47 Å². The molecule has 0 amide bonds. The highest BCUT2D eigenvalue weighted by atomic mass is 16.5. The van der Waals surface area contributed by atoms with Crippen LogP contribution in [-0.4, -0.2) is 26.4 Å². The summed E-state index contributed by atoms with van der Waals surface area (Å²) >= 11 is 0. The van der Waals surface area contributed by atoms with E-state index in [9.17, 15) is 0 Å². The average Bonchev–Trinajstić information content (AvgIpc) is 2.66. The topological polar surface area (TPSA) is 42.2 Å². The number of hydrogen-bond acceptors (Lipinski definition) is 3. The Bertz CT molecular complexity index is 214. The molecule has 0 bridgehead atoms. The largest absolute Gasteiger partial charge is 0.381 e. The van der Waals surface area contributed by atoms with Crippen LogP contribution in [0, 0.1) is 22.7 Å². The monoisotopic (exact) mass is 211 g/mol. The van der Waals surface area contributed by atoms with Crippen LogP contribution in [0.5, 0.6) is 0 Å². The van der Waals surface area contributed by atoms with Gasteiger partial charge in [-0.3, -0.25) is 0 Å². The van der Waals surface area contributed by atoms with E-state index in [1.165, 1.54) is 0 Å². The first-order valence-electron chi connectivity index (χ1n) is 5.75. The van der Waals surface area contributed by atoms with E-state index in [1.807, 2.05) is 0 Å². The summed E-state index contributed by atoms with van der Waals surface area (Å²) in [5.74, 6) is 0.685. The lowest BCUT2D eigenvalue weighted by Crippen LogP contribution is -2.21. The van der Waals surface area contributed by atoms with Crippen LogP contribution >= 0.6 is 0 Å².